The predicted octanol–water partition coefficient (Wildman–Crippen LogP) is 3.32. The van der Waals surface area contributed by atoms with Crippen LogP contribution in [-0.2, 0) is 4.79 Å². The lowest BCUT2D eigenvalue weighted by Gasteiger charge is -2.21. The van der Waals surface area contributed by atoms with Crippen LogP contribution < -0.4 is 21.7 Å². The van der Waals surface area contributed by atoms with Crippen molar-refractivity contribution in [3.63, 3.8) is 0 Å². The van der Waals surface area contributed by atoms with Crippen molar-refractivity contribution in [2.75, 3.05) is 12.4 Å². The second-order valence-electron chi connectivity index (χ2n) is 7.56. The van der Waals surface area contributed by atoms with Gasteiger partial charge in [0.15, 0.2) is 5.82 Å². The van der Waals surface area contributed by atoms with E-state index in [1.807, 2.05) is 0 Å². The molecule has 0 bridgehead atoms. The molecule has 1 aliphatic rings. The first-order valence-corrected chi connectivity index (χ1v) is 11.2. The van der Waals surface area contributed by atoms with E-state index in [-0.39, 0.29) is 17.5 Å². The summed E-state index contributed by atoms with van der Waals surface area (Å²) in [6.45, 7) is 0. The Bertz CT molecular complexity index is 1000. The number of carbonyl (C=O) groups excluding carboxylic acids is 2. The van der Waals surface area contributed by atoms with Crippen LogP contribution in [0.15, 0.2) is 47.5 Å². The number of rotatable bonds is 9. The molecule has 8 nitrogen and oxygen atoms in total. The van der Waals surface area contributed by atoms with E-state index in [1.54, 1.807) is 19.2 Å². The molecule has 0 saturated heterocycles. The minimum atomic E-state index is -0.707. The number of nitrogens with zero attached hydrogens (tertiary/aromatic N) is 2. The third kappa shape index (κ3) is 6.36. The van der Waals surface area contributed by atoms with Crippen LogP contribution in [0.3, 0.4) is 0 Å². The number of pyridine rings is 1. The Morgan fingerprint density at radius 3 is 2.81 bits per heavy atom. The summed E-state index contributed by atoms with van der Waals surface area (Å²) in [5.74, 6) is -0.805. The highest BCUT2D eigenvalue weighted by Crippen LogP contribution is 2.30. The van der Waals surface area contributed by atoms with Crippen molar-refractivity contribution >= 4 is 40.1 Å². The Hall–Kier alpha value is -3.27. The van der Waals surface area contributed by atoms with Crippen LogP contribution in [0.25, 0.3) is 0 Å². The number of aliphatic imine (C=N–C) groups is 1. The van der Waals surface area contributed by atoms with E-state index in [0.717, 1.165) is 31.9 Å². The van der Waals surface area contributed by atoms with E-state index in [2.05, 4.69) is 25.9 Å². The summed E-state index contributed by atoms with van der Waals surface area (Å²) in [7, 11) is 1.58. The minimum Gasteiger partial charge on any atom is -0.403 e. The van der Waals surface area contributed by atoms with Gasteiger partial charge in [0, 0.05) is 25.7 Å². The Morgan fingerprint density at radius 1 is 1.34 bits per heavy atom. The summed E-state index contributed by atoms with van der Waals surface area (Å²) in [5.41, 5.74) is 6.18. The highest BCUT2D eigenvalue weighted by atomic mass is 32.1. The highest BCUT2D eigenvalue weighted by Gasteiger charge is 2.27. The van der Waals surface area contributed by atoms with E-state index < -0.39 is 11.9 Å². The van der Waals surface area contributed by atoms with Crippen molar-refractivity contribution in [3.05, 3.63) is 53.2 Å². The summed E-state index contributed by atoms with van der Waals surface area (Å²) in [4.78, 5) is 33.8. The largest absolute Gasteiger partial charge is 0.403 e. The van der Waals surface area contributed by atoms with Crippen LogP contribution in [0.4, 0.5) is 15.1 Å². The molecule has 2 amide bonds. The van der Waals surface area contributed by atoms with Gasteiger partial charge in [-0.05, 0) is 30.5 Å². The molecule has 2 heterocycles. The zero-order chi connectivity index (χ0) is 22.9. The fourth-order valence-electron chi connectivity index (χ4n) is 3.66. The molecule has 0 spiro atoms. The van der Waals surface area contributed by atoms with Crippen molar-refractivity contribution in [1.29, 1.82) is 0 Å². The third-order valence-corrected chi connectivity index (χ3v) is 6.24. The van der Waals surface area contributed by atoms with Crippen molar-refractivity contribution in [1.82, 2.24) is 15.6 Å². The van der Waals surface area contributed by atoms with Crippen LogP contribution >= 0.6 is 11.3 Å². The fourth-order valence-corrected chi connectivity index (χ4v) is 4.48. The quantitative estimate of drug-likeness (QED) is 0.430. The number of amides is 2. The first-order chi connectivity index (χ1) is 15.5. The van der Waals surface area contributed by atoms with Crippen LogP contribution in [-0.4, -0.2) is 36.1 Å². The second kappa shape index (κ2) is 11.4. The minimum absolute atomic E-state index is 0.269. The van der Waals surface area contributed by atoms with Crippen molar-refractivity contribution in [3.8, 4) is 0 Å². The molecule has 3 rings (SSSR count). The normalized spacial score (nSPS) is 15.6. The summed E-state index contributed by atoms with van der Waals surface area (Å²) in [6, 6.07) is 4.14. The SMILES string of the molecule is CN=C/C(=C\N)NC(=O)C(CC1CCCC1)NC(=O)c1ccc(Nc2ccncc2F)s1. The first kappa shape index (κ1) is 23.4. The van der Waals surface area contributed by atoms with Gasteiger partial charge in [-0.15, -0.1) is 11.3 Å². The molecule has 0 aromatic carbocycles. The number of hydrogen-bond acceptors (Lipinski definition) is 7. The van der Waals surface area contributed by atoms with Crippen LogP contribution in [0.2, 0.25) is 0 Å². The fraction of sp³-hybridized carbons (Fsp3) is 0.364. The molecular weight excluding hydrogens is 431 g/mol. The Morgan fingerprint density at radius 2 is 2.12 bits per heavy atom. The maximum absolute atomic E-state index is 13.8. The van der Waals surface area contributed by atoms with Gasteiger partial charge in [0.1, 0.15) is 6.04 Å². The molecule has 2 aromatic heterocycles. The molecule has 2 aromatic rings. The third-order valence-electron chi connectivity index (χ3n) is 5.24. The molecule has 5 N–H and O–H groups in total. The van der Waals surface area contributed by atoms with E-state index >= 15 is 0 Å². The summed E-state index contributed by atoms with van der Waals surface area (Å²) >= 11 is 1.17. The maximum Gasteiger partial charge on any atom is 0.262 e. The van der Waals surface area contributed by atoms with Gasteiger partial charge in [0.05, 0.1) is 27.5 Å². The van der Waals surface area contributed by atoms with Crippen LogP contribution in [0.5, 0.6) is 0 Å². The van der Waals surface area contributed by atoms with Crippen molar-refractivity contribution in [2.45, 2.75) is 38.1 Å². The van der Waals surface area contributed by atoms with Gasteiger partial charge in [0.25, 0.3) is 5.91 Å². The average Bonchev–Trinajstić information content (AvgIpc) is 3.46. The Balaban J connectivity index is 1.69. The highest BCUT2D eigenvalue weighted by molar-refractivity contribution is 7.18. The lowest BCUT2D eigenvalue weighted by atomic mass is 9.97. The monoisotopic (exact) mass is 458 g/mol. The molecular formula is C22H27FN6O2S. The molecule has 170 valence electrons. The number of hydrogen-bond donors (Lipinski definition) is 4. The van der Waals surface area contributed by atoms with Crippen molar-refractivity contribution in [2.24, 2.45) is 16.6 Å². The zero-order valence-electron chi connectivity index (χ0n) is 17.8. The number of allylic oxidation sites excluding steroid dienone is 1. The molecule has 0 radical (unpaired) electrons. The first-order valence-electron chi connectivity index (χ1n) is 10.4. The number of aromatic nitrogens is 1. The molecule has 1 saturated carbocycles. The molecule has 1 unspecified atom stereocenters. The summed E-state index contributed by atoms with van der Waals surface area (Å²) in [5, 5.41) is 9.11. The summed E-state index contributed by atoms with van der Waals surface area (Å²) < 4.78 is 13.8. The van der Waals surface area contributed by atoms with Crippen LogP contribution in [0.1, 0.15) is 41.8 Å². The Labute approximate surface area is 190 Å². The second-order valence-corrected chi connectivity index (χ2v) is 8.64. The maximum atomic E-state index is 13.8. The lowest BCUT2D eigenvalue weighted by molar-refractivity contribution is -0.122. The van der Waals surface area contributed by atoms with Gasteiger partial charge in [-0.2, -0.15) is 0 Å². The van der Waals surface area contributed by atoms with Crippen molar-refractivity contribution < 1.29 is 14.0 Å². The zero-order valence-corrected chi connectivity index (χ0v) is 18.6. The number of thiophene rings is 1. The molecule has 1 atom stereocenters. The van der Waals surface area contributed by atoms with Gasteiger partial charge >= 0.3 is 0 Å². The smallest absolute Gasteiger partial charge is 0.262 e. The molecule has 1 aliphatic carbocycles. The lowest BCUT2D eigenvalue weighted by Crippen LogP contribution is -2.47. The van der Waals surface area contributed by atoms with E-state index in [1.165, 1.54) is 36.0 Å². The van der Waals surface area contributed by atoms with Crippen LogP contribution in [0, 0.1) is 11.7 Å². The number of halogens is 1. The van der Waals surface area contributed by atoms with Gasteiger partial charge in [-0.25, -0.2) is 4.39 Å². The number of anilines is 2. The standard InChI is InChI=1S/C22H27FN6O2S/c1-25-12-15(11-24)27-21(30)18(10-14-4-2-3-5-14)29-22(31)19-6-7-20(32-19)28-17-8-9-26-13-16(17)23/h6-9,11-14,18H,2-5,10,24H2,1H3,(H,26,28)(H,27,30)(H,29,31)/b15-11+,25-12?. The molecule has 1 fully saturated rings. The van der Waals surface area contributed by atoms with Gasteiger partial charge < -0.3 is 21.7 Å². The Kier molecular flexibility index (Phi) is 8.32. The van der Waals surface area contributed by atoms with Gasteiger partial charge in [0.2, 0.25) is 5.91 Å². The molecule has 10 heteroatoms. The topological polar surface area (TPSA) is 121 Å². The average molecular weight is 459 g/mol. The number of carbonyl (C=O) groups is 2. The van der Waals surface area contributed by atoms with Gasteiger partial charge in [-0.3, -0.25) is 19.6 Å². The van der Waals surface area contributed by atoms with E-state index in [9.17, 15) is 14.0 Å². The van der Waals surface area contributed by atoms with Gasteiger partial charge in [-0.1, -0.05) is 25.7 Å². The summed E-state index contributed by atoms with van der Waals surface area (Å²) in [6.07, 6.45) is 10.2. The number of nitrogens with two attached hydrogens (primary N) is 1. The van der Waals surface area contributed by atoms with E-state index in [4.69, 9.17) is 5.73 Å². The molecule has 32 heavy (non-hydrogen) atoms. The predicted molar refractivity (Wildman–Crippen MR) is 124 cm³/mol. The van der Waals surface area contributed by atoms with E-state index in [0.29, 0.717) is 27.9 Å². The molecule has 0 aliphatic heterocycles. The number of nitrogens with one attached hydrogen (secondary N) is 3.